The van der Waals surface area contributed by atoms with Gasteiger partial charge in [0.05, 0.1) is 6.04 Å². The molecule has 0 aliphatic carbocycles. The second kappa shape index (κ2) is 2.80. The largest absolute Gasteiger partial charge is 0.325 e. The Bertz CT molecular complexity index is 255. The minimum atomic E-state index is 0.484. The van der Waals surface area contributed by atoms with Crippen LogP contribution in [0.2, 0.25) is 0 Å². The van der Waals surface area contributed by atoms with E-state index in [1.54, 1.807) is 0 Å². The highest BCUT2D eigenvalue weighted by molar-refractivity contribution is 8.17. The lowest BCUT2D eigenvalue weighted by Gasteiger charge is -2.06. The number of fused-ring (bicyclic) bond motifs is 1. The lowest BCUT2D eigenvalue weighted by molar-refractivity contribution is 0.560. The monoisotopic (exact) mass is 182 g/mol. The highest BCUT2D eigenvalue weighted by atomic mass is 32.2. The first-order valence-corrected chi connectivity index (χ1v) is 5.22. The number of hydrogen-bond acceptors (Lipinski definition) is 3. The van der Waals surface area contributed by atoms with Crippen LogP contribution in [0.1, 0.15) is 20.8 Å². The van der Waals surface area contributed by atoms with Gasteiger partial charge < -0.3 is 4.90 Å². The van der Waals surface area contributed by atoms with E-state index in [4.69, 9.17) is 0 Å². The molecule has 3 heteroatoms. The highest BCUT2D eigenvalue weighted by Crippen LogP contribution is 2.36. The molecule has 0 bridgehead atoms. The normalized spacial score (nSPS) is 27.7. The molecule has 2 rings (SSSR count). The molecule has 0 fully saturated rings. The maximum Gasteiger partial charge on any atom is 0.168 e. The van der Waals surface area contributed by atoms with E-state index < -0.39 is 0 Å². The summed E-state index contributed by atoms with van der Waals surface area (Å²) in [6.07, 6.45) is 2.25. The van der Waals surface area contributed by atoms with Crippen molar-refractivity contribution >= 4 is 16.9 Å². The molecule has 0 aromatic heterocycles. The summed E-state index contributed by atoms with van der Waals surface area (Å²) in [5.74, 6) is 0.638. The number of nitrogens with zero attached hydrogens (tertiary/aromatic N) is 2. The van der Waals surface area contributed by atoms with E-state index in [0.29, 0.717) is 12.0 Å². The van der Waals surface area contributed by atoms with E-state index in [0.717, 1.165) is 6.54 Å². The van der Waals surface area contributed by atoms with Gasteiger partial charge in [-0.2, -0.15) is 0 Å². The maximum atomic E-state index is 4.54. The molecular formula is C9H14N2S. The molecule has 0 saturated carbocycles. The van der Waals surface area contributed by atoms with Gasteiger partial charge in [-0.3, -0.25) is 4.99 Å². The minimum absolute atomic E-state index is 0.484. The predicted octanol–water partition coefficient (Wildman–Crippen LogP) is 2.29. The smallest absolute Gasteiger partial charge is 0.168 e. The van der Waals surface area contributed by atoms with Crippen molar-refractivity contribution in [3.8, 4) is 0 Å². The van der Waals surface area contributed by atoms with Crippen LogP contribution in [0.15, 0.2) is 16.1 Å². The summed E-state index contributed by atoms with van der Waals surface area (Å²) in [6, 6.07) is 0.484. The van der Waals surface area contributed by atoms with Gasteiger partial charge in [0.2, 0.25) is 0 Å². The number of allylic oxidation sites excluding steroid dienone is 1. The van der Waals surface area contributed by atoms with E-state index in [9.17, 15) is 0 Å². The SMILES string of the molecule is CC1CN2C=C(C(C)C)SC2=N1. The zero-order valence-electron chi connectivity index (χ0n) is 7.74. The molecule has 0 saturated heterocycles. The fraction of sp³-hybridized carbons (Fsp3) is 0.667. The van der Waals surface area contributed by atoms with Gasteiger partial charge in [0, 0.05) is 17.6 Å². The van der Waals surface area contributed by atoms with E-state index in [1.807, 2.05) is 11.8 Å². The number of hydrogen-bond donors (Lipinski definition) is 0. The Kier molecular flexibility index (Phi) is 1.91. The van der Waals surface area contributed by atoms with Gasteiger partial charge in [-0.1, -0.05) is 25.6 Å². The Morgan fingerprint density at radius 2 is 2.42 bits per heavy atom. The quantitative estimate of drug-likeness (QED) is 0.618. The van der Waals surface area contributed by atoms with Crippen molar-refractivity contribution in [3.05, 3.63) is 11.1 Å². The zero-order chi connectivity index (χ0) is 8.72. The molecule has 2 heterocycles. The summed E-state index contributed by atoms with van der Waals surface area (Å²) in [5, 5.41) is 1.20. The first-order chi connectivity index (χ1) is 5.66. The third-order valence-corrected chi connectivity index (χ3v) is 3.43. The standard InChI is InChI=1S/C9H14N2S/c1-6(2)8-5-11-4-7(3)10-9(11)12-8/h5-7H,4H2,1-3H3. The Labute approximate surface area is 77.7 Å². The van der Waals surface area contributed by atoms with Crippen LogP contribution in [0.25, 0.3) is 0 Å². The fourth-order valence-electron chi connectivity index (χ4n) is 1.41. The lowest BCUT2D eigenvalue weighted by atomic mass is 10.2. The van der Waals surface area contributed by atoms with Crippen LogP contribution in [-0.2, 0) is 0 Å². The van der Waals surface area contributed by atoms with E-state index >= 15 is 0 Å². The van der Waals surface area contributed by atoms with E-state index in [2.05, 4.69) is 36.9 Å². The Balaban J connectivity index is 2.13. The third kappa shape index (κ3) is 1.26. The van der Waals surface area contributed by atoms with Crippen molar-refractivity contribution in [3.63, 3.8) is 0 Å². The van der Waals surface area contributed by atoms with Gasteiger partial charge in [0.15, 0.2) is 5.17 Å². The van der Waals surface area contributed by atoms with E-state index in [1.165, 1.54) is 10.1 Å². The Morgan fingerprint density at radius 1 is 1.67 bits per heavy atom. The summed E-state index contributed by atoms with van der Waals surface area (Å²) in [5.41, 5.74) is 0. The molecule has 12 heavy (non-hydrogen) atoms. The molecule has 66 valence electrons. The first kappa shape index (κ1) is 8.17. The van der Waals surface area contributed by atoms with Gasteiger partial charge in [-0.15, -0.1) is 0 Å². The molecule has 0 aromatic carbocycles. The number of rotatable bonds is 1. The molecule has 1 atom stereocenters. The molecule has 1 unspecified atom stereocenters. The second-order valence-electron chi connectivity index (χ2n) is 3.70. The van der Waals surface area contributed by atoms with Gasteiger partial charge in [-0.25, -0.2) is 0 Å². The van der Waals surface area contributed by atoms with Crippen molar-refractivity contribution in [1.82, 2.24) is 4.90 Å². The number of thioether (sulfide) groups is 1. The van der Waals surface area contributed by atoms with Crippen LogP contribution in [0, 0.1) is 5.92 Å². The second-order valence-corrected chi connectivity index (χ2v) is 4.74. The first-order valence-electron chi connectivity index (χ1n) is 4.41. The minimum Gasteiger partial charge on any atom is -0.325 e. The van der Waals surface area contributed by atoms with Gasteiger partial charge >= 0.3 is 0 Å². The van der Waals surface area contributed by atoms with Crippen LogP contribution < -0.4 is 0 Å². The average molecular weight is 182 g/mol. The summed E-state index contributed by atoms with van der Waals surface area (Å²) < 4.78 is 0. The van der Waals surface area contributed by atoms with Crippen molar-refractivity contribution in [2.24, 2.45) is 10.9 Å². The van der Waals surface area contributed by atoms with Crippen molar-refractivity contribution < 1.29 is 0 Å². The molecular weight excluding hydrogens is 168 g/mol. The molecule has 2 nitrogen and oxygen atoms in total. The molecule has 2 aliphatic rings. The third-order valence-electron chi connectivity index (χ3n) is 2.10. The number of amidine groups is 1. The summed E-state index contributed by atoms with van der Waals surface area (Å²) in [4.78, 5) is 8.25. The molecule has 0 radical (unpaired) electrons. The van der Waals surface area contributed by atoms with Gasteiger partial charge in [0.25, 0.3) is 0 Å². The van der Waals surface area contributed by atoms with Crippen molar-refractivity contribution in [2.75, 3.05) is 6.54 Å². The molecule has 0 amide bonds. The van der Waals surface area contributed by atoms with Crippen molar-refractivity contribution in [2.45, 2.75) is 26.8 Å². The molecule has 0 aromatic rings. The van der Waals surface area contributed by atoms with Gasteiger partial charge in [-0.05, 0) is 12.8 Å². The predicted molar refractivity (Wildman–Crippen MR) is 54.1 cm³/mol. The van der Waals surface area contributed by atoms with Crippen LogP contribution in [0.4, 0.5) is 0 Å². The Hall–Kier alpha value is -0.440. The highest BCUT2D eigenvalue weighted by Gasteiger charge is 2.28. The van der Waals surface area contributed by atoms with Crippen LogP contribution in [0.3, 0.4) is 0 Å². The molecule has 0 spiro atoms. The summed E-state index contributed by atoms with van der Waals surface area (Å²) >= 11 is 1.83. The van der Waals surface area contributed by atoms with Crippen LogP contribution in [-0.4, -0.2) is 22.7 Å². The Morgan fingerprint density at radius 3 is 3.00 bits per heavy atom. The van der Waals surface area contributed by atoms with Crippen LogP contribution >= 0.6 is 11.8 Å². The van der Waals surface area contributed by atoms with Crippen molar-refractivity contribution in [1.29, 1.82) is 0 Å². The number of aliphatic imine (C=N–C) groups is 1. The maximum absolute atomic E-state index is 4.54. The molecule has 0 N–H and O–H groups in total. The van der Waals surface area contributed by atoms with E-state index in [-0.39, 0.29) is 0 Å². The summed E-state index contributed by atoms with van der Waals surface area (Å²) in [7, 11) is 0. The summed E-state index contributed by atoms with van der Waals surface area (Å²) in [6.45, 7) is 7.68. The van der Waals surface area contributed by atoms with Gasteiger partial charge in [0.1, 0.15) is 0 Å². The zero-order valence-corrected chi connectivity index (χ0v) is 8.56. The topological polar surface area (TPSA) is 15.6 Å². The van der Waals surface area contributed by atoms with Crippen LogP contribution in [0.5, 0.6) is 0 Å². The fourth-order valence-corrected chi connectivity index (χ4v) is 2.52. The molecule has 2 aliphatic heterocycles. The lowest BCUT2D eigenvalue weighted by Crippen LogP contribution is -2.17. The average Bonchev–Trinajstić information content (AvgIpc) is 2.42.